The number of thiazole rings is 1. The zero-order valence-corrected chi connectivity index (χ0v) is 16.5. The molecule has 1 amide bonds. The van der Waals surface area contributed by atoms with E-state index in [0.29, 0.717) is 16.9 Å². The Morgan fingerprint density at radius 3 is 2.56 bits per heavy atom. The van der Waals surface area contributed by atoms with E-state index in [2.05, 4.69) is 24.0 Å². The Kier molecular flexibility index (Phi) is 5.86. The molecule has 1 heterocycles. The summed E-state index contributed by atoms with van der Waals surface area (Å²) < 4.78 is 7.72. The minimum absolute atomic E-state index is 0.226. The Labute approximate surface area is 161 Å². The van der Waals surface area contributed by atoms with Crippen molar-refractivity contribution in [2.24, 2.45) is 4.99 Å². The first-order valence-corrected chi connectivity index (χ1v) is 9.68. The van der Waals surface area contributed by atoms with Crippen LogP contribution in [0.2, 0.25) is 0 Å². The van der Waals surface area contributed by atoms with E-state index in [1.807, 2.05) is 29.7 Å². The molecule has 2 aromatic carbocycles. The van der Waals surface area contributed by atoms with E-state index >= 15 is 0 Å². The number of aromatic nitrogens is 1. The van der Waals surface area contributed by atoms with Crippen molar-refractivity contribution < 1.29 is 14.3 Å². The van der Waals surface area contributed by atoms with Gasteiger partial charge in [0.25, 0.3) is 5.91 Å². The molecule has 0 unspecified atom stereocenters. The van der Waals surface area contributed by atoms with Crippen molar-refractivity contribution in [2.75, 3.05) is 7.11 Å². The Bertz CT molecular complexity index is 1050. The lowest BCUT2D eigenvalue weighted by atomic mass is 10.1. The van der Waals surface area contributed by atoms with E-state index in [-0.39, 0.29) is 18.3 Å². The maximum Gasteiger partial charge on any atom is 0.307 e. The summed E-state index contributed by atoms with van der Waals surface area (Å²) in [5, 5.41) is 0. The molecular formula is C21H22N2O3S. The van der Waals surface area contributed by atoms with Gasteiger partial charge >= 0.3 is 5.97 Å². The van der Waals surface area contributed by atoms with Gasteiger partial charge in [-0.15, -0.1) is 0 Å². The van der Waals surface area contributed by atoms with Gasteiger partial charge in [-0.3, -0.25) is 9.59 Å². The fourth-order valence-corrected chi connectivity index (χ4v) is 3.91. The first-order chi connectivity index (χ1) is 13.0. The zero-order chi connectivity index (χ0) is 19.4. The Hall–Kier alpha value is -2.73. The maximum atomic E-state index is 12.6. The number of rotatable bonds is 5. The van der Waals surface area contributed by atoms with Gasteiger partial charge in [0, 0.05) is 12.1 Å². The third-order valence-corrected chi connectivity index (χ3v) is 5.46. The SMILES string of the molecule is CCc1ccc2c(c1)sc(=NC(=O)c1ccc(C)cc1)n2CCC(=O)OC. The van der Waals surface area contributed by atoms with Gasteiger partial charge in [0.1, 0.15) is 0 Å². The second-order valence-electron chi connectivity index (χ2n) is 6.30. The van der Waals surface area contributed by atoms with Gasteiger partial charge in [-0.2, -0.15) is 4.99 Å². The summed E-state index contributed by atoms with van der Waals surface area (Å²) >= 11 is 1.46. The molecule has 0 N–H and O–H groups in total. The van der Waals surface area contributed by atoms with Crippen molar-refractivity contribution in [1.29, 1.82) is 0 Å². The van der Waals surface area contributed by atoms with Crippen molar-refractivity contribution >= 4 is 33.4 Å². The number of carbonyl (C=O) groups excluding carboxylic acids is 2. The number of carbonyl (C=O) groups is 2. The predicted molar refractivity (Wildman–Crippen MR) is 107 cm³/mol. The van der Waals surface area contributed by atoms with Crippen LogP contribution in [0, 0.1) is 6.92 Å². The highest BCUT2D eigenvalue weighted by atomic mass is 32.1. The number of methoxy groups -OCH3 is 1. The summed E-state index contributed by atoms with van der Waals surface area (Å²) in [4.78, 5) is 29.1. The maximum absolute atomic E-state index is 12.6. The first-order valence-electron chi connectivity index (χ1n) is 8.86. The van der Waals surface area contributed by atoms with Crippen molar-refractivity contribution in [2.45, 2.75) is 33.2 Å². The van der Waals surface area contributed by atoms with Crippen LogP contribution in [0.25, 0.3) is 10.2 Å². The highest BCUT2D eigenvalue weighted by Crippen LogP contribution is 2.20. The van der Waals surface area contributed by atoms with Gasteiger partial charge in [0.2, 0.25) is 0 Å². The molecule has 3 rings (SSSR count). The molecule has 0 aliphatic heterocycles. The van der Waals surface area contributed by atoms with E-state index < -0.39 is 0 Å². The molecule has 140 valence electrons. The first kappa shape index (κ1) is 19.0. The molecule has 0 aliphatic carbocycles. The molecule has 0 atom stereocenters. The normalized spacial score (nSPS) is 11.7. The van der Waals surface area contributed by atoms with Crippen molar-refractivity contribution in [1.82, 2.24) is 4.57 Å². The summed E-state index contributed by atoms with van der Waals surface area (Å²) in [6.45, 7) is 4.49. The lowest BCUT2D eigenvalue weighted by Crippen LogP contribution is -2.19. The Balaban J connectivity index is 2.07. The van der Waals surface area contributed by atoms with Crippen LogP contribution in [-0.4, -0.2) is 23.6 Å². The topological polar surface area (TPSA) is 60.7 Å². The van der Waals surface area contributed by atoms with Crippen LogP contribution in [0.5, 0.6) is 0 Å². The van der Waals surface area contributed by atoms with Gasteiger partial charge in [-0.25, -0.2) is 0 Å². The van der Waals surface area contributed by atoms with Gasteiger partial charge < -0.3 is 9.30 Å². The number of hydrogen-bond donors (Lipinski definition) is 0. The van der Waals surface area contributed by atoms with E-state index in [1.165, 1.54) is 24.0 Å². The molecule has 0 spiro atoms. The Morgan fingerprint density at radius 2 is 1.89 bits per heavy atom. The van der Waals surface area contributed by atoms with Gasteiger partial charge in [-0.1, -0.05) is 42.0 Å². The Morgan fingerprint density at radius 1 is 1.15 bits per heavy atom. The van der Waals surface area contributed by atoms with Crippen LogP contribution < -0.4 is 4.80 Å². The molecule has 0 fully saturated rings. The number of fused-ring (bicyclic) bond motifs is 1. The average Bonchev–Trinajstić information content (AvgIpc) is 3.02. The average molecular weight is 382 g/mol. The van der Waals surface area contributed by atoms with Crippen molar-refractivity contribution in [3.05, 3.63) is 64.0 Å². The third-order valence-electron chi connectivity index (χ3n) is 4.42. The van der Waals surface area contributed by atoms with Crippen LogP contribution in [0.3, 0.4) is 0 Å². The van der Waals surface area contributed by atoms with E-state index in [4.69, 9.17) is 4.74 Å². The summed E-state index contributed by atoms with van der Waals surface area (Å²) in [6, 6.07) is 13.6. The summed E-state index contributed by atoms with van der Waals surface area (Å²) in [5.74, 6) is -0.577. The van der Waals surface area contributed by atoms with Gasteiger partial charge in [-0.05, 0) is 43.2 Å². The van der Waals surface area contributed by atoms with Crippen molar-refractivity contribution in [3.63, 3.8) is 0 Å². The second kappa shape index (κ2) is 8.31. The molecule has 6 heteroatoms. The van der Waals surface area contributed by atoms with E-state index in [1.54, 1.807) is 12.1 Å². The fraction of sp³-hybridized carbons (Fsp3) is 0.286. The molecule has 1 aromatic heterocycles. The highest BCUT2D eigenvalue weighted by Gasteiger charge is 2.11. The van der Waals surface area contributed by atoms with Crippen LogP contribution in [0.4, 0.5) is 0 Å². The molecule has 5 nitrogen and oxygen atoms in total. The van der Waals surface area contributed by atoms with Crippen LogP contribution in [0.1, 0.15) is 34.8 Å². The molecule has 0 aliphatic rings. The lowest BCUT2D eigenvalue weighted by Gasteiger charge is -2.05. The van der Waals surface area contributed by atoms with Gasteiger partial charge in [0.15, 0.2) is 4.80 Å². The minimum atomic E-state index is -0.289. The van der Waals surface area contributed by atoms with Gasteiger partial charge in [0.05, 0.1) is 23.7 Å². The molecule has 0 saturated heterocycles. The highest BCUT2D eigenvalue weighted by molar-refractivity contribution is 7.16. The summed E-state index contributed by atoms with van der Waals surface area (Å²) in [6.07, 6.45) is 1.16. The number of aryl methyl sites for hydroxylation is 3. The van der Waals surface area contributed by atoms with E-state index in [9.17, 15) is 9.59 Å². The number of benzene rings is 2. The van der Waals surface area contributed by atoms with Crippen LogP contribution >= 0.6 is 11.3 Å². The standard InChI is InChI=1S/C21H22N2O3S/c1-4-15-7-10-17-18(13-15)27-21(23(17)12-11-19(24)26-3)22-20(25)16-8-5-14(2)6-9-16/h5-10,13H,4,11-12H2,1-3H3. The lowest BCUT2D eigenvalue weighted by molar-refractivity contribution is -0.140. The smallest absolute Gasteiger partial charge is 0.307 e. The molecule has 0 radical (unpaired) electrons. The third kappa shape index (κ3) is 4.34. The minimum Gasteiger partial charge on any atom is -0.469 e. The largest absolute Gasteiger partial charge is 0.469 e. The molecule has 0 saturated carbocycles. The van der Waals surface area contributed by atoms with Crippen LogP contribution in [-0.2, 0) is 22.5 Å². The summed E-state index contributed by atoms with van der Waals surface area (Å²) in [7, 11) is 1.37. The van der Waals surface area contributed by atoms with E-state index in [0.717, 1.165) is 22.2 Å². The second-order valence-corrected chi connectivity index (χ2v) is 7.31. The molecular weight excluding hydrogens is 360 g/mol. The number of ether oxygens (including phenoxy) is 1. The molecule has 3 aromatic rings. The molecule has 27 heavy (non-hydrogen) atoms. The quantitative estimate of drug-likeness (QED) is 0.629. The number of amides is 1. The zero-order valence-electron chi connectivity index (χ0n) is 15.7. The monoisotopic (exact) mass is 382 g/mol. The molecule has 0 bridgehead atoms. The number of nitrogens with zero attached hydrogens (tertiary/aromatic N) is 2. The predicted octanol–water partition coefficient (Wildman–Crippen LogP) is 3.88. The van der Waals surface area contributed by atoms with Crippen LogP contribution in [0.15, 0.2) is 47.5 Å². The number of esters is 1. The fourth-order valence-electron chi connectivity index (χ4n) is 2.79. The van der Waals surface area contributed by atoms with Crippen molar-refractivity contribution in [3.8, 4) is 0 Å². The number of hydrogen-bond acceptors (Lipinski definition) is 4. The summed E-state index contributed by atoms with van der Waals surface area (Å²) in [5.41, 5.74) is 3.83.